The summed E-state index contributed by atoms with van der Waals surface area (Å²) in [5.74, 6) is 0. The van der Waals surface area contributed by atoms with Crippen molar-refractivity contribution in [2.24, 2.45) is 5.73 Å². The van der Waals surface area contributed by atoms with Crippen molar-refractivity contribution in [1.82, 2.24) is 13.5 Å². The normalized spacial score (nSPS) is 19.9. The van der Waals surface area contributed by atoms with E-state index in [0.29, 0.717) is 38.6 Å². The summed E-state index contributed by atoms with van der Waals surface area (Å²) in [7, 11) is -1.67. The second-order valence-corrected chi connectivity index (χ2v) is 7.04. The predicted octanol–water partition coefficient (Wildman–Crippen LogP) is -0.462. The van der Waals surface area contributed by atoms with Gasteiger partial charge in [-0.05, 0) is 26.8 Å². The molecule has 0 aliphatic carbocycles. The Bertz CT molecular complexity index is 337. The molecule has 108 valence electrons. The first-order valence-corrected chi connectivity index (χ1v) is 7.94. The SMILES string of the molecule is CC(C)N1CCN(S(=O)(=O)N(C)CCCN)CC1. The summed E-state index contributed by atoms with van der Waals surface area (Å²) >= 11 is 0. The molecule has 1 aliphatic heterocycles. The first-order valence-electron chi connectivity index (χ1n) is 6.55. The smallest absolute Gasteiger partial charge is 0.281 e. The molecule has 0 unspecified atom stereocenters. The lowest BCUT2D eigenvalue weighted by Gasteiger charge is -2.37. The molecule has 0 spiro atoms. The zero-order valence-corrected chi connectivity index (χ0v) is 12.5. The molecule has 1 saturated heterocycles. The van der Waals surface area contributed by atoms with Crippen LogP contribution in [-0.2, 0) is 10.2 Å². The fourth-order valence-electron chi connectivity index (χ4n) is 2.08. The van der Waals surface area contributed by atoms with Crippen molar-refractivity contribution in [2.75, 3.05) is 46.3 Å². The first kappa shape index (κ1) is 15.8. The molecule has 1 heterocycles. The van der Waals surface area contributed by atoms with Crippen molar-refractivity contribution >= 4 is 10.2 Å². The Kier molecular flexibility index (Phi) is 6.00. The standard InChI is InChI=1S/C11H26N4O2S/c1-11(2)14-7-9-15(10-8-14)18(16,17)13(3)6-4-5-12/h11H,4-10,12H2,1-3H3. The van der Waals surface area contributed by atoms with E-state index in [4.69, 9.17) is 5.73 Å². The number of piperazine rings is 1. The highest BCUT2D eigenvalue weighted by Crippen LogP contribution is 2.12. The van der Waals surface area contributed by atoms with Gasteiger partial charge in [0.25, 0.3) is 10.2 Å². The summed E-state index contributed by atoms with van der Waals surface area (Å²) in [6.07, 6.45) is 0.696. The summed E-state index contributed by atoms with van der Waals surface area (Å²) in [5.41, 5.74) is 5.41. The van der Waals surface area contributed by atoms with Gasteiger partial charge in [0.05, 0.1) is 0 Å². The summed E-state index contributed by atoms with van der Waals surface area (Å²) in [6, 6.07) is 0.477. The summed E-state index contributed by atoms with van der Waals surface area (Å²) in [4.78, 5) is 2.30. The van der Waals surface area contributed by atoms with Gasteiger partial charge in [0.2, 0.25) is 0 Å². The number of nitrogens with zero attached hydrogens (tertiary/aromatic N) is 3. The Hall–Kier alpha value is -0.210. The Morgan fingerprint density at radius 3 is 2.22 bits per heavy atom. The van der Waals surface area contributed by atoms with Crippen LogP contribution in [-0.4, -0.2) is 74.3 Å². The van der Waals surface area contributed by atoms with Crippen LogP contribution in [0, 0.1) is 0 Å². The van der Waals surface area contributed by atoms with Gasteiger partial charge in [-0.2, -0.15) is 17.0 Å². The molecule has 0 aromatic rings. The molecule has 0 radical (unpaired) electrons. The molecule has 0 aromatic heterocycles. The highest BCUT2D eigenvalue weighted by Gasteiger charge is 2.30. The van der Waals surface area contributed by atoms with Crippen LogP contribution in [0.25, 0.3) is 0 Å². The lowest BCUT2D eigenvalue weighted by Crippen LogP contribution is -2.53. The van der Waals surface area contributed by atoms with Gasteiger partial charge in [-0.1, -0.05) is 0 Å². The van der Waals surface area contributed by atoms with Crippen molar-refractivity contribution in [1.29, 1.82) is 0 Å². The molecule has 0 bridgehead atoms. The molecular weight excluding hydrogens is 252 g/mol. The molecule has 0 saturated carbocycles. The third-order valence-corrected chi connectivity index (χ3v) is 5.39. The summed E-state index contributed by atoms with van der Waals surface area (Å²) < 4.78 is 27.5. The van der Waals surface area contributed by atoms with E-state index in [1.807, 2.05) is 0 Å². The molecule has 2 N–H and O–H groups in total. The van der Waals surface area contributed by atoms with Gasteiger partial charge in [-0.15, -0.1) is 0 Å². The number of hydrogen-bond acceptors (Lipinski definition) is 4. The van der Waals surface area contributed by atoms with E-state index in [1.54, 1.807) is 11.4 Å². The zero-order chi connectivity index (χ0) is 13.8. The van der Waals surface area contributed by atoms with E-state index >= 15 is 0 Å². The molecule has 18 heavy (non-hydrogen) atoms. The minimum atomic E-state index is -3.30. The van der Waals surface area contributed by atoms with Crippen molar-refractivity contribution < 1.29 is 8.42 Å². The minimum absolute atomic E-state index is 0.477. The van der Waals surface area contributed by atoms with Gasteiger partial charge < -0.3 is 5.73 Å². The predicted molar refractivity (Wildman–Crippen MR) is 73.5 cm³/mol. The van der Waals surface area contributed by atoms with E-state index in [2.05, 4.69) is 18.7 Å². The van der Waals surface area contributed by atoms with Crippen LogP contribution in [0.5, 0.6) is 0 Å². The third-order valence-electron chi connectivity index (χ3n) is 3.40. The highest BCUT2D eigenvalue weighted by atomic mass is 32.2. The monoisotopic (exact) mass is 278 g/mol. The minimum Gasteiger partial charge on any atom is -0.330 e. The Morgan fingerprint density at radius 1 is 1.22 bits per heavy atom. The van der Waals surface area contributed by atoms with Gasteiger partial charge in [0.15, 0.2) is 0 Å². The lowest BCUT2D eigenvalue weighted by molar-refractivity contribution is 0.150. The lowest BCUT2D eigenvalue weighted by atomic mass is 10.3. The second-order valence-electron chi connectivity index (χ2n) is 5.00. The first-order chi connectivity index (χ1) is 8.39. The largest absolute Gasteiger partial charge is 0.330 e. The molecular formula is C11H26N4O2S. The average molecular weight is 278 g/mol. The van der Waals surface area contributed by atoms with Crippen LogP contribution in [0.4, 0.5) is 0 Å². The Labute approximate surface area is 111 Å². The number of hydrogen-bond donors (Lipinski definition) is 1. The van der Waals surface area contributed by atoms with Gasteiger partial charge in [0, 0.05) is 45.8 Å². The van der Waals surface area contributed by atoms with E-state index < -0.39 is 10.2 Å². The van der Waals surface area contributed by atoms with Crippen molar-refractivity contribution in [2.45, 2.75) is 26.3 Å². The second kappa shape index (κ2) is 6.81. The van der Waals surface area contributed by atoms with Crippen LogP contribution in [0.1, 0.15) is 20.3 Å². The number of nitrogens with two attached hydrogens (primary N) is 1. The van der Waals surface area contributed by atoms with Gasteiger partial charge in [-0.3, -0.25) is 4.90 Å². The molecule has 1 fully saturated rings. The molecule has 0 amide bonds. The van der Waals surface area contributed by atoms with Crippen molar-refractivity contribution in [3.05, 3.63) is 0 Å². The van der Waals surface area contributed by atoms with Crippen LogP contribution < -0.4 is 5.73 Å². The van der Waals surface area contributed by atoms with E-state index in [-0.39, 0.29) is 0 Å². The van der Waals surface area contributed by atoms with Gasteiger partial charge >= 0.3 is 0 Å². The van der Waals surface area contributed by atoms with Crippen LogP contribution >= 0.6 is 0 Å². The fraction of sp³-hybridized carbons (Fsp3) is 1.00. The Morgan fingerprint density at radius 2 is 1.78 bits per heavy atom. The topological polar surface area (TPSA) is 69.9 Å². The van der Waals surface area contributed by atoms with Crippen molar-refractivity contribution in [3.63, 3.8) is 0 Å². The molecule has 1 aliphatic rings. The molecule has 0 aromatic carbocycles. The maximum atomic E-state index is 12.3. The maximum Gasteiger partial charge on any atom is 0.281 e. The summed E-state index contributed by atoms with van der Waals surface area (Å²) in [6.45, 7) is 8.05. The van der Waals surface area contributed by atoms with Gasteiger partial charge in [-0.25, -0.2) is 0 Å². The van der Waals surface area contributed by atoms with E-state index in [0.717, 1.165) is 13.1 Å². The van der Waals surface area contributed by atoms with Crippen LogP contribution in [0.15, 0.2) is 0 Å². The molecule has 0 atom stereocenters. The van der Waals surface area contributed by atoms with Crippen LogP contribution in [0.2, 0.25) is 0 Å². The van der Waals surface area contributed by atoms with E-state index in [1.165, 1.54) is 4.31 Å². The molecule has 1 rings (SSSR count). The summed E-state index contributed by atoms with van der Waals surface area (Å²) in [5, 5.41) is 0. The zero-order valence-electron chi connectivity index (χ0n) is 11.7. The van der Waals surface area contributed by atoms with Gasteiger partial charge in [0.1, 0.15) is 0 Å². The quantitative estimate of drug-likeness (QED) is 0.714. The third kappa shape index (κ3) is 3.89. The fourth-order valence-corrected chi connectivity index (χ4v) is 3.46. The van der Waals surface area contributed by atoms with E-state index in [9.17, 15) is 8.42 Å². The Balaban J connectivity index is 2.55. The van der Waals surface area contributed by atoms with Crippen molar-refractivity contribution in [3.8, 4) is 0 Å². The molecule has 6 nitrogen and oxygen atoms in total. The highest BCUT2D eigenvalue weighted by molar-refractivity contribution is 7.86. The maximum absolute atomic E-state index is 12.3. The molecule has 7 heteroatoms. The number of rotatable bonds is 6. The van der Waals surface area contributed by atoms with Crippen LogP contribution in [0.3, 0.4) is 0 Å². The average Bonchev–Trinajstić information content (AvgIpc) is 2.35.